The van der Waals surface area contributed by atoms with Crippen LogP contribution in [0.5, 0.6) is 23.0 Å². The third-order valence-corrected chi connectivity index (χ3v) is 8.43. The van der Waals surface area contributed by atoms with Gasteiger partial charge in [0.05, 0.1) is 50.8 Å². The lowest BCUT2D eigenvalue weighted by atomic mass is 10.1. The summed E-state index contributed by atoms with van der Waals surface area (Å²) < 4.78 is 16.0. The molecular weight excluding hydrogens is 580 g/mol. The van der Waals surface area contributed by atoms with E-state index in [-0.39, 0.29) is 13.2 Å². The van der Waals surface area contributed by atoms with Gasteiger partial charge < -0.3 is 19.7 Å². The van der Waals surface area contributed by atoms with Crippen LogP contribution in [0.3, 0.4) is 0 Å². The van der Waals surface area contributed by atoms with Crippen molar-refractivity contribution in [2.75, 3.05) is 13.2 Å². The maximum atomic E-state index is 9.24. The van der Waals surface area contributed by atoms with E-state index in [9.17, 15) is 10.2 Å². The Morgan fingerprint density at radius 1 is 0.696 bits per heavy atom. The molecule has 2 saturated carbocycles. The predicted octanol–water partition coefficient (Wildman–Crippen LogP) is 8.04. The van der Waals surface area contributed by atoms with Gasteiger partial charge in [-0.15, -0.1) is 0 Å². The van der Waals surface area contributed by atoms with E-state index in [1.54, 1.807) is 0 Å². The summed E-state index contributed by atoms with van der Waals surface area (Å²) in [4.78, 5) is 7.14. The van der Waals surface area contributed by atoms with Crippen LogP contribution in [0.4, 0.5) is 11.4 Å². The minimum absolute atomic E-state index is 0.0595. The number of ether oxygens (including phenoxy) is 2. The first kappa shape index (κ1) is 32.7. The summed E-state index contributed by atoms with van der Waals surface area (Å²) in [5, 5.41) is 27.6. The highest BCUT2D eigenvalue weighted by Gasteiger charge is 2.33. The summed E-state index contributed by atoms with van der Waals surface area (Å²) >= 11 is 0. The van der Waals surface area contributed by atoms with Crippen molar-refractivity contribution in [1.29, 1.82) is 0 Å². The Hall–Kier alpha value is -4.64. The summed E-state index contributed by atoms with van der Waals surface area (Å²) in [6.07, 6.45) is 4.56. The first-order valence-corrected chi connectivity index (χ1v) is 15.8. The minimum atomic E-state index is 0.0595. The van der Waals surface area contributed by atoms with Crippen molar-refractivity contribution in [2.45, 2.75) is 92.2 Å². The summed E-state index contributed by atoms with van der Waals surface area (Å²) in [5.74, 6) is 4.02. The molecule has 4 aromatic rings. The fraction of sp³-hybridized carbons (Fsp3) is 0.444. The smallest absolute Gasteiger partial charge is 0.193 e. The van der Waals surface area contributed by atoms with Gasteiger partial charge in [-0.2, -0.15) is 10.2 Å². The van der Waals surface area contributed by atoms with Crippen LogP contribution >= 0.6 is 0 Å². The molecule has 46 heavy (non-hydrogen) atoms. The Morgan fingerprint density at radius 2 is 1.15 bits per heavy atom. The van der Waals surface area contributed by atoms with E-state index in [2.05, 4.69) is 19.9 Å². The first-order valence-electron chi connectivity index (χ1n) is 15.8. The van der Waals surface area contributed by atoms with Crippen LogP contribution in [0.2, 0.25) is 0 Å². The largest absolute Gasteiger partial charge is 0.454 e. The Labute approximate surface area is 270 Å². The molecule has 0 radical (unpaired) electrons. The van der Waals surface area contributed by atoms with E-state index in [0.717, 1.165) is 93.7 Å². The van der Waals surface area contributed by atoms with Crippen LogP contribution in [0, 0.1) is 54.7 Å². The summed E-state index contributed by atoms with van der Waals surface area (Å²) in [6.45, 7) is 27.2. The van der Waals surface area contributed by atoms with Crippen LogP contribution in [0.1, 0.15) is 82.5 Å². The molecule has 0 aliphatic heterocycles. The number of aromatic nitrogens is 4. The van der Waals surface area contributed by atoms with Crippen molar-refractivity contribution in [1.82, 2.24) is 19.6 Å². The van der Waals surface area contributed by atoms with Gasteiger partial charge >= 0.3 is 0 Å². The van der Waals surface area contributed by atoms with Crippen LogP contribution < -0.4 is 9.47 Å². The molecule has 2 aromatic carbocycles. The monoisotopic (exact) mass is 622 g/mol. The second-order valence-electron chi connectivity index (χ2n) is 12.3. The van der Waals surface area contributed by atoms with Crippen molar-refractivity contribution in [3.05, 3.63) is 92.1 Å². The second kappa shape index (κ2) is 13.8. The lowest BCUT2D eigenvalue weighted by molar-refractivity contribution is 0.266. The van der Waals surface area contributed by atoms with Gasteiger partial charge in [0, 0.05) is 11.8 Å². The molecule has 2 fully saturated rings. The molecule has 10 heteroatoms. The van der Waals surface area contributed by atoms with Crippen LogP contribution in [-0.2, 0) is 13.1 Å². The van der Waals surface area contributed by atoms with Gasteiger partial charge in [0.2, 0.25) is 0 Å². The SMILES string of the molecule is [C-]#[N+]c1c(C)cc(Oc2c(C)nn(CCO)c2C2CC2)cc1C.[C-]#[N+]c1c(C)cc(Oc2c(C3CC3)nn(CCO)c2C)cc1C. The van der Waals surface area contributed by atoms with Gasteiger partial charge in [-0.3, -0.25) is 9.36 Å². The van der Waals surface area contributed by atoms with E-state index < -0.39 is 0 Å². The van der Waals surface area contributed by atoms with Gasteiger partial charge in [-0.05, 0) is 114 Å². The zero-order valence-electron chi connectivity index (χ0n) is 27.5. The maximum Gasteiger partial charge on any atom is 0.193 e. The van der Waals surface area contributed by atoms with Gasteiger partial charge in [-0.1, -0.05) is 0 Å². The van der Waals surface area contributed by atoms with Gasteiger partial charge in [-0.25, -0.2) is 9.69 Å². The molecule has 10 nitrogen and oxygen atoms in total. The predicted molar refractivity (Wildman–Crippen MR) is 177 cm³/mol. The van der Waals surface area contributed by atoms with Crippen molar-refractivity contribution in [3.63, 3.8) is 0 Å². The van der Waals surface area contributed by atoms with Gasteiger partial charge in [0.25, 0.3) is 0 Å². The number of nitrogens with zero attached hydrogens (tertiary/aromatic N) is 6. The quantitative estimate of drug-likeness (QED) is 0.174. The average Bonchev–Trinajstić information content (AvgIpc) is 3.94. The molecule has 0 bridgehead atoms. The fourth-order valence-corrected chi connectivity index (χ4v) is 5.88. The number of aliphatic hydroxyl groups excluding tert-OH is 2. The molecule has 0 saturated heterocycles. The maximum absolute atomic E-state index is 9.24. The third kappa shape index (κ3) is 6.94. The first-order chi connectivity index (χ1) is 22.1. The molecule has 0 amide bonds. The molecule has 2 heterocycles. The zero-order valence-corrected chi connectivity index (χ0v) is 27.5. The number of aryl methyl sites for hydroxylation is 5. The highest BCUT2D eigenvalue weighted by Crippen LogP contribution is 2.47. The number of hydrogen-bond acceptors (Lipinski definition) is 6. The van der Waals surface area contributed by atoms with Crippen molar-refractivity contribution >= 4 is 11.4 Å². The molecule has 0 atom stereocenters. The molecule has 2 aromatic heterocycles. The second-order valence-corrected chi connectivity index (χ2v) is 12.3. The van der Waals surface area contributed by atoms with E-state index in [1.807, 2.05) is 75.2 Å². The summed E-state index contributed by atoms with van der Waals surface area (Å²) in [6, 6.07) is 7.61. The molecule has 240 valence electrons. The summed E-state index contributed by atoms with van der Waals surface area (Å²) in [5.41, 5.74) is 8.90. The zero-order chi connectivity index (χ0) is 33.1. The molecule has 2 aliphatic rings. The Morgan fingerprint density at radius 3 is 1.59 bits per heavy atom. The normalized spacial score (nSPS) is 13.9. The molecule has 6 rings (SSSR count). The molecule has 0 unspecified atom stereocenters. The summed E-state index contributed by atoms with van der Waals surface area (Å²) in [7, 11) is 0. The number of benzene rings is 2. The van der Waals surface area contributed by atoms with Crippen LogP contribution in [-0.4, -0.2) is 43.0 Å². The van der Waals surface area contributed by atoms with E-state index in [1.165, 1.54) is 0 Å². The number of aliphatic hydroxyl groups is 2. The van der Waals surface area contributed by atoms with Crippen molar-refractivity contribution in [3.8, 4) is 23.0 Å². The Balaban J connectivity index is 0.000000181. The van der Waals surface area contributed by atoms with E-state index in [0.29, 0.717) is 36.3 Å². The lowest BCUT2D eigenvalue weighted by Crippen LogP contribution is -2.07. The highest BCUT2D eigenvalue weighted by molar-refractivity contribution is 5.62. The third-order valence-electron chi connectivity index (χ3n) is 8.43. The lowest BCUT2D eigenvalue weighted by Gasteiger charge is -2.11. The minimum Gasteiger partial charge on any atom is -0.454 e. The average molecular weight is 623 g/mol. The topological polar surface area (TPSA) is 103 Å². The van der Waals surface area contributed by atoms with Crippen LogP contribution in [0.15, 0.2) is 24.3 Å². The Kier molecular flexibility index (Phi) is 9.81. The van der Waals surface area contributed by atoms with Gasteiger partial charge in [0.1, 0.15) is 22.9 Å². The number of rotatable bonds is 10. The van der Waals surface area contributed by atoms with Crippen molar-refractivity contribution in [2.24, 2.45) is 0 Å². The molecule has 0 spiro atoms. The van der Waals surface area contributed by atoms with E-state index in [4.69, 9.17) is 22.6 Å². The molecule has 2 N–H and O–H groups in total. The van der Waals surface area contributed by atoms with Gasteiger partial charge in [0.15, 0.2) is 22.9 Å². The fourth-order valence-electron chi connectivity index (χ4n) is 5.88. The molecule has 2 aliphatic carbocycles. The van der Waals surface area contributed by atoms with E-state index >= 15 is 0 Å². The van der Waals surface area contributed by atoms with Crippen LogP contribution in [0.25, 0.3) is 9.69 Å². The highest BCUT2D eigenvalue weighted by atomic mass is 16.5. The molecular formula is C36H42N6O4. The standard InChI is InChI=1S/2C18H21N3O2/c1-11-9-15(10-12(2)16(11)19-4)23-18-13(3)21(7-8-22)20-17(18)14-5-6-14;1-11-9-15(10-12(2)16(11)19-4)23-18-13(3)20-21(7-8-22)17(18)14-5-6-14/h2*9-10,14,22H,5-8H2,1-3H3. The number of hydrogen-bond donors (Lipinski definition) is 2. The Bertz CT molecular complexity index is 1720. The van der Waals surface area contributed by atoms with Crippen molar-refractivity contribution < 1.29 is 19.7 Å².